The molecule has 238 valence electrons. The molecule has 4 amide bonds. The second kappa shape index (κ2) is 15.4. The van der Waals surface area contributed by atoms with Crippen LogP contribution in [0.3, 0.4) is 0 Å². The number of methoxy groups -OCH3 is 1. The largest absolute Gasteiger partial charge is 0.497 e. The highest BCUT2D eigenvalue weighted by Crippen LogP contribution is 2.29. The van der Waals surface area contributed by atoms with Crippen molar-refractivity contribution in [3.05, 3.63) is 54.1 Å². The van der Waals surface area contributed by atoms with E-state index in [9.17, 15) is 19.2 Å². The monoisotopic (exact) mass is 608 g/mol. The highest BCUT2D eigenvalue weighted by Gasteiger charge is 2.42. The minimum absolute atomic E-state index is 0.0359. The molecular weight excluding hydrogens is 564 g/mol. The molecule has 0 unspecified atom stereocenters. The molecule has 44 heavy (non-hydrogen) atoms. The molecule has 0 bridgehead atoms. The van der Waals surface area contributed by atoms with Gasteiger partial charge in [0, 0.05) is 6.42 Å². The van der Waals surface area contributed by atoms with Crippen molar-refractivity contribution >= 4 is 23.6 Å². The second-order valence-electron chi connectivity index (χ2n) is 11.7. The van der Waals surface area contributed by atoms with Crippen molar-refractivity contribution in [2.75, 3.05) is 26.9 Å². The number of para-hydroxylation sites is 1. The second-order valence-corrected chi connectivity index (χ2v) is 11.7. The zero-order chi connectivity index (χ0) is 31.5. The van der Waals surface area contributed by atoms with Crippen molar-refractivity contribution < 1.29 is 33.4 Å². The normalized spacial score (nSPS) is 21.0. The van der Waals surface area contributed by atoms with Crippen LogP contribution in [0.5, 0.6) is 17.2 Å². The molecule has 1 aliphatic heterocycles. The number of carbonyl (C=O) groups excluding carboxylic acids is 4. The van der Waals surface area contributed by atoms with E-state index in [1.807, 2.05) is 13.8 Å². The molecule has 2 aliphatic rings. The zero-order valence-corrected chi connectivity index (χ0v) is 25.8. The first-order chi connectivity index (χ1) is 21.2. The van der Waals surface area contributed by atoms with Crippen LogP contribution < -0.4 is 35.5 Å². The molecule has 0 saturated heterocycles. The lowest BCUT2D eigenvalue weighted by atomic mass is 9.80. The van der Waals surface area contributed by atoms with Gasteiger partial charge in [-0.25, -0.2) is 0 Å². The van der Waals surface area contributed by atoms with Crippen molar-refractivity contribution in [3.63, 3.8) is 0 Å². The van der Waals surface area contributed by atoms with Gasteiger partial charge in [0.15, 0.2) is 0 Å². The van der Waals surface area contributed by atoms with E-state index in [2.05, 4.69) is 21.3 Å². The molecule has 0 aromatic heterocycles. The zero-order valence-electron chi connectivity index (χ0n) is 25.8. The Morgan fingerprint density at radius 2 is 1.70 bits per heavy atom. The molecule has 4 rings (SSSR count). The lowest BCUT2D eigenvalue weighted by Gasteiger charge is -2.38. The van der Waals surface area contributed by atoms with Gasteiger partial charge in [0.2, 0.25) is 17.7 Å². The number of hydrogen-bond acceptors (Lipinski definition) is 7. The lowest BCUT2D eigenvalue weighted by Crippen LogP contribution is -2.62. The van der Waals surface area contributed by atoms with Crippen LogP contribution in [0.4, 0.5) is 0 Å². The average molecular weight is 609 g/mol. The van der Waals surface area contributed by atoms with Gasteiger partial charge in [-0.1, -0.05) is 45.2 Å². The lowest BCUT2D eigenvalue weighted by molar-refractivity contribution is -0.136. The quantitative estimate of drug-likeness (QED) is 0.354. The topological polar surface area (TPSA) is 144 Å². The number of amides is 4. The summed E-state index contributed by atoms with van der Waals surface area (Å²) in [5.74, 6) is 0.187. The van der Waals surface area contributed by atoms with Crippen LogP contribution in [0.2, 0.25) is 0 Å². The van der Waals surface area contributed by atoms with Gasteiger partial charge < -0.3 is 35.5 Å². The molecule has 11 heteroatoms. The molecule has 1 heterocycles. The van der Waals surface area contributed by atoms with Gasteiger partial charge in [-0.3, -0.25) is 19.2 Å². The van der Waals surface area contributed by atoms with Gasteiger partial charge in [0.25, 0.3) is 5.91 Å². The molecule has 11 nitrogen and oxygen atoms in total. The third-order valence-electron chi connectivity index (χ3n) is 8.20. The molecule has 0 radical (unpaired) electrons. The molecule has 1 saturated carbocycles. The summed E-state index contributed by atoms with van der Waals surface area (Å²) in [5.41, 5.74) is -0.773. The number of ether oxygens (including phenoxy) is 3. The van der Waals surface area contributed by atoms with Gasteiger partial charge in [-0.2, -0.15) is 0 Å². The van der Waals surface area contributed by atoms with Crippen molar-refractivity contribution in [2.24, 2.45) is 5.92 Å². The standard InChI is InChI=1S/C33H44N4O7/c1-22(2)27-21-44-28-10-6-5-9-25(28)30(39)35-26(31(40)34-19-20-43-24-13-11-23(42-3)12-14-24)15-16-29(38)37-33(32(41)36-27)17-7-4-8-18-33/h5-6,9-14,22,26-27H,4,7-8,15-21H2,1-3H3,(H,34,40)(H,35,39)(H,36,41)(H,37,38)/t26-,27+/m0/s1. The smallest absolute Gasteiger partial charge is 0.255 e. The first kappa shape index (κ1) is 32.6. The van der Waals surface area contributed by atoms with Gasteiger partial charge in [-0.15, -0.1) is 0 Å². The van der Waals surface area contributed by atoms with Crippen molar-refractivity contribution in [1.29, 1.82) is 0 Å². The van der Waals surface area contributed by atoms with E-state index in [-0.39, 0.29) is 61.9 Å². The summed E-state index contributed by atoms with van der Waals surface area (Å²) >= 11 is 0. The first-order valence-corrected chi connectivity index (χ1v) is 15.4. The van der Waals surface area contributed by atoms with Gasteiger partial charge in [-0.05, 0) is 61.6 Å². The molecule has 1 fully saturated rings. The van der Waals surface area contributed by atoms with E-state index in [1.165, 1.54) is 0 Å². The van der Waals surface area contributed by atoms with Crippen LogP contribution in [0.1, 0.15) is 69.2 Å². The first-order valence-electron chi connectivity index (χ1n) is 15.4. The Morgan fingerprint density at radius 1 is 1.00 bits per heavy atom. The fraction of sp³-hybridized carbons (Fsp3) is 0.515. The number of nitrogens with one attached hydrogen (secondary N) is 4. The summed E-state index contributed by atoms with van der Waals surface area (Å²) in [6, 6.07) is 12.5. The fourth-order valence-electron chi connectivity index (χ4n) is 5.48. The van der Waals surface area contributed by atoms with Gasteiger partial charge >= 0.3 is 0 Å². The van der Waals surface area contributed by atoms with E-state index in [0.29, 0.717) is 30.1 Å². The van der Waals surface area contributed by atoms with Gasteiger partial charge in [0.05, 0.1) is 25.3 Å². The summed E-state index contributed by atoms with van der Waals surface area (Å²) in [7, 11) is 1.58. The van der Waals surface area contributed by atoms with Crippen LogP contribution >= 0.6 is 0 Å². The molecule has 4 N–H and O–H groups in total. The molecule has 1 spiro atoms. The maximum absolute atomic E-state index is 13.7. The third-order valence-corrected chi connectivity index (χ3v) is 8.20. The molecule has 1 aliphatic carbocycles. The maximum Gasteiger partial charge on any atom is 0.255 e. The Hall–Kier alpha value is -4.28. The summed E-state index contributed by atoms with van der Waals surface area (Å²) in [5, 5.41) is 11.7. The van der Waals surface area contributed by atoms with E-state index in [0.717, 1.165) is 19.3 Å². The van der Waals surface area contributed by atoms with Crippen molar-refractivity contribution in [1.82, 2.24) is 21.3 Å². The average Bonchev–Trinajstić information content (AvgIpc) is 3.03. The summed E-state index contributed by atoms with van der Waals surface area (Å²) in [6.45, 7) is 4.49. The molecular formula is C33H44N4O7. The van der Waals surface area contributed by atoms with Crippen molar-refractivity contribution in [2.45, 2.75) is 76.4 Å². The molecule has 2 atom stereocenters. The Bertz CT molecular complexity index is 1290. The third kappa shape index (κ3) is 8.64. The Morgan fingerprint density at radius 3 is 2.41 bits per heavy atom. The Kier molecular flexibility index (Phi) is 11.5. The van der Waals surface area contributed by atoms with Crippen LogP contribution in [0.15, 0.2) is 48.5 Å². The van der Waals surface area contributed by atoms with Crippen LogP contribution in [0.25, 0.3) is 0 Å². The number of carbonyl (C=O) groups is 4. The van der Waals surface area contributed by atoms with Crippen LogP contribution in [-0.2, 0) is 14.4 Å². The highest BCUT2D eigenvalue weighted by molar-refractivity contribution is 6.00. The van der Waals surface area contributed by atoms with E-state index >= 15 is 0 Å². The van der Waals surface area contributed by atoms with Crippen LogP contribution in [0, 0.1) is 5.92 Å². The number of hydrogen-bond donors (Lipinski definition) is 4. The summed E-state index contributed by atoms with van der Waals surface area (Å²) < 4.78 is 16.9. The predicted octanol–water partition coefficient (Wildman–Crippen LogP) is 3.12. The number of rotatable bonds is 7. The van der Waals surface area contributed by atoms with Crippen molar-refractivity contribution in [3.8, 4) is 17.2 Å². The minimum Gasteiger partial charge on any atom is -0.497 e. The molecule has 2 aromatic carbocycles. The number of benzene rings is 2. The van der Waals surface area contributed by atoms with Gasteiger partial charge in [0.1, 0.15) is 42.0 Å². The number of fused-ring (bicyclic) bond motifs is 1. The Labute approximate surface area is 258 Å². The maximum atomic E-state index is 13.7. The van der Waals surface area contributed by atoms with Crippen LogP contribution in [-0.4, -0.2) is 68.1 Å². The summed E-state index contributed by atoms with van der Waals surface area (Å²) in [4.78, 5) is 53.7. The molecule has 2 aromatic rings. The fourth-order valence-corrected chi connectivity index (χ4v) is 5.48. The predicted molar refractivity (Wildman–Crippen MR) is 165 cm³/mol. The van der Waals surface area contributed by atoms with E-state index < -0.39 is 23.4 Å². The Balaban J connectivity index is 1.51. The summed E-state index contributed by atoms with van der Waals surface area (Å²) in [6.07, 6.45) is 3.70. The van der Waals surface area contributed by atoms with E-state index in [1.54, 1.807) is 55.6 Å². The SMILES string of the molecule is COc1ccc(OCCNC(=O)[C@@H]2CCC(=O)NC3(CCCCC3)C(=O)N[C@@H](C(C)C)COc3ccccc3C(=O)N2)cc1. The minimum atomic E-state index is -1.03. The van der Waals surface area contributed by atoms with E-state index in [4.69, 9.17) is 14.2 Å². The highest BCUT2D eigenvalue weighted by atomic mass is 16.5.